The third kappa shape index (κ3) is 3.28. The minimum atomic E-state index is -0.894. The average Bonchev–Trinajstić information content (AvgIpc) is 2.83. The topological polar surface area (TPSA) is 66.4 Å². The van der Waals surface area contributed by atoms with Crippen molar-refractivity contribution in [3.8, 4) is 0 Å². The SMILES string of the molecule is O=C(O)[C@H]1CCC[C@H]1C(=O)Nc1ccc(Cl)c(Br)c1. The van der Waals surface area contributed by atoms with Crippen LogP contribution in [-0.4, -0.2) is 17.0 Å². The van der Waals surface area contributed by atoms with Gasteiger partial charge in [-0.2, -0.15) is 0 Å². The number of carboxylic acid groups (broad SMARTS) is 1. The summed E-state index contributed by atoms with van der Waals surface area (Å²) >= 11 is 9.15. The molecular weight excluding hydrogens is 334 g/mol. The van der Waals surface area contributed by atoms with Crippen molar-refractivity contribution < 1.29 is 14.7 Å². The van der Waals surface area contributed by atoms with Gasteiger partial charge in [-0.3, -0.25) is 9.59 Å². The van der Waals surface area contributed by atoms with Crippen molar-refractivity contribution >= 4 is 45.1 Å². The van der Waals surface area contributed by atoms with Crippen molar-refractivity contribution in [3.63, 3.8) is 0 Å². The molecule has 1 amide bonds. The molecule has 1 aliphatic carbocycles. The largest absolute Gasteiger partial charge is 0.481 e. The number of amides is 1. The second kappa shape index (κ2) is 5.92. The molecule has 0 aromatic heterocycles. The standard InChI is InChI=1S/C13H13BrClNO3/c14-10-6-7(4-5-11(10)15)16-12(17)8-2-1-3-9(8)13(18)19/h4-6,8-9H,1-3H2,(H,16,17)(H,18,19)/t8-,9+/m1/s1. The molecule has 0 bridgehead atoms. The second-order valence-electron chi connectivity index (χ2n) is 4.60. The first-order valence-corrected chi connectivity index (χ1v) is 7.15. The van der Waals surface area contributed by atoms with Crippen molar-refractivity contribution in [2.45, 2.75) is 19.3 Å². The zero-order chi connectivity index (χ0) is 14.0. The Morgan fingerprint density at radius 3 is 2.63 bits per heavy atom. The Hall–Kier alpha value is -1.07. The van der Waals surface area contributed by atoms with Gasteiger partial charge in [-0.15, -0.1) is 0 Å². The van der Waals surface area contributed by atoms with E-state index in [0.717, 1.165) is 6.42 Å². The normalized spacial score (nSPS) is 22.2. The Bertz CT molecular complexity index is 521. The van der Waals surface area contributed by atoms with E-state index in [2.05, 4.69) is 21.2 Å². The maximum Gasteiger partial charge on any atom is 0.307 e. The molecule has 1 aliphatic rings. The second-order valence-corrected chi connectivity index (χ2v) is 5.86. The lowest BCUT2D eigenvalue weighted by Gasteiger charge is -2.15. The number of benzene rings is 1. The van der Waals surface area contributed by atoms with Crippen LogP contribution in [0.2, 0.25) is 5.02 Å². The van der Waals surface area contributed by atoms with E-state index in [1.54, 1.807) is 18.2 Å². The molecule has 2 N–H and O–H groups in total. The van der Waals surface area contributed by atoms with E-state index in [-0.39, 0.29) is 5.91 Å². The van der Waals surface area contributed by atoms with Gasteiger partial charge in [-0.1, -0.05) is 18.0 Å². The number of carboxylic acids is 1. The van der Waals surface area contributed by atoms with Crippen LogP contribution in [-0.2, 0) is 9.59 Å². The summed E-state index contributed by atoms with van der Waals surface area (Å²) in [6.07, 6.45) is 1.97. The molecule has 4 nitrogen and oxygen atoms in total. The van der Waals surface area contributed by atoms with E-state index in [0.29, 0.717) is 28.0 Å². The molecule has 1 aromatic carbocycles. The number of nitrogens with one attached hydrogen (secondary N) is 1. The predicted octanol–water partition coefficient (Wildman–Crippen LogP) is 3.54. The van der Waals surface area contributed by atoms with Gasteiger partial charge in [0.05, 0.1) is 16.9 Å². The lowest BCUT2D eigenvalue weighted by molar-refractivity contribution is -0.145. The monoisotopic (exact) mass is 345 g/mol. The number of rotatable bonds is 3. The minimum absolute atomic E-state index is 0.237. The van der Waals surface area contributed by atoms with Crippen LogP contribution in [0.25, 0.3) is 0 Å². The molecule has 0 unspecified atom stereocenters. The molecule has 2 rings (SSSR count). The molecule has 19 heavy (non-hydrogen) atoms. The van der Waals surface area contributed by atoms with Gasteiger partial charge < -0.3 is 10.4 Å². The van der Waals surface area contributed by atoms with Crippen LogP contribution in [0.15, 0.2) is 22.7 Å². The molecule has 2 atom stereocenters. The fourth-order valence-electron chi connectivity index (χ4n) is 2.38. The lowest BCUT2D eigenvalue weighted by Crippen LogP contribution is -2.29. The van der Waals surface area contributed by atoms with Gasteiger partial charge in [0, 0.05) is 10.2 Å². The van der Waals surface area contributed by atoms with Crippen LogP contribution >= 0.6 is 27.5 Å². The van der Waals surface area contributed by atoms with Gasteiger partial charge in [0.1, 0.15) is 0 Å². The number of hydrogen-bond acceptors (Lipinski definition) is 2. The third-order valence-corrected chi connectivity index (χ3v) is 4.57. The molecule has 0 radical (unpaired) electrons. The van der Waals surface area contributed by atoms with E-state index in [4.69, 9.17) is 16.7 Å². The summed E-state index contributed by atoms with van der Waals surface area (Å²) < 4.78 is 0.688. The molecule has 1 saturated carbocycles. The summed E-state index contributed by atoms with van der Waals surface area (Å²) in [5.41, 5.74) is 0.609. The minimum Gasteiger partial charge on any atom is -0.481 e. The summed E-state index contributed by atoms with van der Waals surface area (Å²) in [6, 6.07) is 5.06. The lowest BCUT2D eigenvalue weighted by atomic mass is 9.95. The fraction of sp³-hybridized carbons (Fsp3) is 0.385. The molecular formula is C13H13BrClNO3. The summed E-state index contributed by atoms with van der Waals surface area (Å²) in [5, 5.41) is 12.4. The first kappa shape index (κ1) is 14.3. The Balaban J connectivity index is 2.08. The quantitative estimate of drug-likeness (QED) is 0.879. The van der Waals surface area contributed by atoms with E-state index in [1.165, 1.54) is 0 Å². The number of anilines is 1. The Morgan fingerprint density at radius 2 is 2.00 bits per heavy atom. The number of halogens is 2. The van der Waals surface area contributed by atoms with E-state index in [9.17, 15) is 9.59 Å². The van der Waals surface area contributed by atoms with Crippen LogP contribution in [0.3, 0.4) is 0 Å². The summed E-state index contributed by atoms with van der Waals surface area (Å²) in [6.45, 7) is 0. The first-order valence-electron chi connectivity index (χ1n) is 5.98. The average molecular weight is 347 g/mol. The summed E-state index contributed by atoms with van der Waals surface area (Å²) in [5.74, 6) is -2.16. The first-order chi connectivity index (χ1) is 8.99. The Labute approximate surface area is 124 Å². The molecule has 1 fully saturated rings. The molecule has 1 aromatic rings. The molecule has 0 aliphatic heterocycles. The Morgan fingerprint density at radius 1 is 1.32 bits per heavy atom. The van der Waals surface area contributed by atoms with Gasteiger partial charge in [-0.25, -0.2) is 0 Å². The van der Waals surface area contributed by atoms with Crippen LogP contribution in [0.5, 0.6) is 0 Å². The number of hydrogen-bond donors (Lipinski definition) is 2. The van der Waals surface area contributed by atoms with Crippen molar-refractivity contribution in [2.75, 3.05) is 5.32 Å². The van der Waals surface area contributed by atoms with E-state index < -0.39 is 17.8 Å². The van der Waals surface area contributed by atoms with Gasteiger partial charge in [0.2, 0.25) is 5.91 Å². The van der Waals surface area contributed by atoms with Crippen molar-refractivity contribution in [2.24, 2.45) is 11.8 Å². The summed E-state index contributed by atoms with van der Waals surface area (Å²) in [7, 11) is 0. The van der Waals surface area contributed by atoms with Gasteiger partial charge in [0.15, 0.2) is 0 Å². The van der Waals surface area contributed by atoms with Gasteiger partial charge in [0.25, 0.3) is 0 Å². The Kier molecular flexibility index (Phi) is 4.47. The van der Waals surface area contributed by atoms with Crippen molar-refractivity contribution in [1.29, 1.82) is 0 Å². The smallest absolute Gasteiger partial charge is 0.307 e. The van der Waals surface area contributed by atoms with E-state index in [1.807, 2.05) is 0 Å². The summed E-state index contributed by atoms with van der Waals surface area (Å²) in [4.78, 5) is 23.2. The highest BCUT2D eigenvalue weighted by molar-refractivity contribution is 9.10. The van der Waals surface area contributed by atoms with Crippen LogP contribution in [0.4, 0.5) is 5.69 Å². The van der Waals surface area contributed by atoms with Crippen molar-refractivity contribution in [1.82, 2.24) is 0 Å². The zero-order valence-electron chi connectivity index (χ0n) is 10.0. The van der Waals surface area contributed by atoms with Crippen LogP contribution < -0.4 is 5.32 Å². The van der Waals surface area contributed by atoms with Crippen LogP contribution in [0.1, 0.15) is 19.3 Å². The fourth-order valence-corrected chi connectivity index (χ4v) is 2.87. The van der Waals surface area contributed by atoms with Gasteiger partial charge >= 0.3 is 5.97 Å². The number of carbonyl (C=O) groups excluding carboxylic acids is 1. The molecule has 0 spiro atoms. The maximum absolute atomic E-state index is 12.1. The number of aliphatic carboxylic acids is 1. The van der Waals surface area contributed by atoms with E-state index >= 15 is 0 Å². The highest BCUT2D eigenvalue weighted by atomic mass is 79.9. The maximum atomic E-state index is 12.1. The third-order valence-electron chi connectivity index (χ3n) is 3.36. The predicted molar refractivity (Wildman–Crippen MR) is 76.2 cm³/mol. The highest BCUT2D eigenvalue weighted by Crippen LogP contribution is 2.33. The molecule has 0 heterocycles. The van der Waals surface area contributed by atoms with Crippen molar-refractivity contribution in [3.05, 3.63) is 27.7 Å². The molecule has 102 valence electrons. The molecule has 0 saturated heterocycles. The van der Waals surface area contributed by atoms with Crippen LogP contribution in [0, 0.1) is 11.8 Å². The highest BCUT2D eigenvalue weighted by Gasteiger charge is 2.37. The zero-order valence-corrected chi connectivity index (χ0v) is 12.4. The molecule has 6 heteroatoms. The van der Waals surface area contributed by atoms with Gasteiger partial charge in [-0.05, 0) is 47.0 Å². The number of carbonyl (C=O) groups is 2.